The second kappa shape index (κ2) is 8.07. The number of nitriles is 2. The maximum Gasteiger partial charge on any atom is 0.339 e. The molecule has 1 aliphatic rings. The zero-order valence-electron chi connectivity index (χ0n) is 15.2. The second-order valence-electron chi connectivity index (χ2n) is 5.97. The molecule has 0 unspecified atom stereocenters. The summed E-state index contributed by atoms with van der Waals surface area (Å²) in [6.07, 6.45) is 1.45. The van der Waals surface area contributed by atoms with Crippen molar-refractivity contribution in [2.24, 2.45) is 0 Å². The predicted molar refractivity (Wildman–Crippen MR) is 99.5 cm³/mol. The fourth-order valence-corrected chi connectivity index (χ4v) is 2.70. The molecule has 0 aliphatic carbocycles. The number of hydrogen-bond acceptors (Lipinski definition) is 7. The SMILES string of the molecule is CC1=C(C#N)C(=O)NC(=O)/C1=C/c1ccc(-c2ccc(C(=O)OCC#N)cc2)o1. The van der Waals surface area contributed by atoms with E-state index in [-0.39, 0.29) is 23.3 Å². The quantitative estimate of drug-likeness (QED) is 0.484. The molecule has 2 aromatic rings. The Morgan fingerprint density at radius 1 is 1.14 bits per heavy atom. The molecule has 29 heavy (non-hydrogen) atoms. The number of esters is 1. The standard InChI is InChI=1S/C21H13N3O5/c1-12-16(19(25)24-20(26)17(12)11-23)10-15-6-7-18(29-15)13-2-4-14(5-3-13)21(27)28-9-8-22/h2-7,10H,9H2,1H3,(H,24,25,26)/b16-10+. The van der Waals surface area contributed by atoms with Gasteiger partial charge in [0, 0.05) is 11.1 Å². The molecule has 1 N–H and O–H groups in total. The van der Waals surface area contributed by atoms with E-state index in [0.717, 1.165) is 0 Å². The van der Waals surface area contributed by atoms with Gasteiger partial charge in [-0.2, -0.15) is 10.5 Å². The van der Waals surface area contributed by atoms with Crippen molar-refractivity contribution >= 4 is 23.9 Å². The van der Waals surface area contributed by atoms with Gasteiger partial charge in [-0.25, -0.2) is 4.79 Å². The first-order valence-corrected chi connectivity index (χ1v) is 8.37. The first kappa shape index (κ1) is 19.3. The molecule has 0 saturated carbocycles. The Kier molecular flexibility index (Phi) is 5.38. The number of imide groups is 1. The zero-order chi connectivity index (χ0) is 21.0. The molecule has 0 bridgehead atoms. The van der Waals surface area contributed by atoms with E-state index < -0.39 is 17.8 Å². The molecule has 2 heterocycles. The van der Waals surface area contributed by atoms with E-state index in [1.807, 2.05) is 0 Å². The van der Waals surface area contributed by atoms with E-state index in [0.29, 0.717) is 22.6 Å². The van der Waals surface area contributed by atoms with Crippen molar-refractivity contribution in [3.63, 3.8) is 0 Å². The van der Waals surface area contributed by atoms with Crippen LogP contribution < -0.4 is 5.32 Å². The Morgan fingerprint density at radius 3 is 2.52 bits per heavy atom. The van der Waals surface area contributed by atoms with Gasteiger partial charge in [-0.1, -0.05) is 12.1 Å². The number of rotatable bonds is 4. The van der Waals surface area contributed by atoms with Gasteiger partial charge in [0.2, 0.25) is 0 Å². The summed E-state index contributed by atoms with van der Waals surface area (Å²) in [6, 6.07) is 13.2. The van der Waals surface area contributed by atoms with Crippen LogP contribution in [-0.2, 0) is 14.3 Å². The lowest BCUT2D eigenvalue weighted by molar-refractivity contribution is -0.126. The summed E-state index contributed by atoms with van der Waals surface area (Å²) in [7, 11) is 0. The van der Waals surface area contributed by atoms with Crippen molar-refractivity contribution in [1.82, 2.24) is 5.32 Å². The molecule has 1 aromatic carbocycles. The highest BCUT2D eigenvalue weighted by Crippen LogP contribution is 2.27. The van der Waals surface area contributed by atoms with Crippen LogP contribution in [0.25, 0.3) is 17.4 Å². The van der Waals surface area contributed by atoms with E-state index in [1.54, 1.807) is 48.5 Å². The Morgan fingerprint density at radius 2 is 1.86 bits per heavy atom. The van der Waals surface area contributed by atoms with Crippen LogP contribution >= 0.6 is 0 Å². The van der Waals surface area contributed by atoms with Gasteiger partial charge in [-0.05, 0) is 42.8 Å². The monoisotopic (exact) mass is 387 g/mol. The third-order valence-corrected chi connectivity index (χ3v) is 4.18. The topological polar surface area (TPSA) is 133 Å². The molecule has 8 heteroatoms. The van der Waals surface area contributed by atoms with Crippen molar-refractivity contribution in [3.8, 4) is 23.5 Å². The number of nitrogens with one attached hydrogen (secondary N) is 1. The predicted octanol–water partition coefficient (Wildman–Crippen LogP) is 2.51. The van der Waals surface area contributed by atoms with Crippen LogP contribution in [-0.4, -0.2) is 24.4 Å². The fourth-order valence-electron chi connectivity index (χ4n) is 2.70. The number of amides is 2. The molecule has 1 aromatic heterocycles. The fraction of sp³-hybridized carbons (Fsp3) is 0.0952. The Labute approximate surface area is 165 Å². The summed E-state index contributed by atoms with van der Waals surface area (Å²) < 4.78 is 10.5. The van der Waals surface area contributed by atoms with E-state index >= 15 is 0 Å². The van der Waals surface area contributed by atoms with Crippen molar-refractivity contribution in [1.29, 1.82) is 10.5 Å². The minimum Gasteiger partial charge on any atom is -0.457 e. The lowest BCUT2D eigenvalue weighted by Crippen LogP contribution is -2.37. The summed E-state index contributed by atoms with van der Waals surface area (Å²) in [5.41, 5.74) is 1.30. The summed E-state index contributed by atoms with van der Waals surface area (Å²) in [5.74, 6) is -1.08. The van der Waals surface area contributed by atoms with Crippen LogP contribution in [0, 0.1) is 22.7 Å². The largest absolute Gasteiger partial charge is 0.457 e. The molecular weight excluding hydrogens is 374 g/mol. The minimum absolute atomic E-state index is 0.124. The first-order chi connectivity index (χ1) is 13.9. The van der Waals surface area contributed by atoms with Crippen molar-refractivity contribution in [3.05, 3.63) is 64.4 Å². The smallest absolute Gasteiger partial charge is 0.339 e. The number of furan rings is 1. The van der Waals surface area contributed by atoms with E-state index in [9.17, 15) is 14.4 Å². The van der Waals surface area contributed by atoms with Gasteiger partial charge in [0.1, 0.15) is 29.2 Å². The van der Waals surface area contributed by atoms with Gasteiger partial charge in [0.15, 0.2) is 6.61 Å². The number of nitrogens with zero attached hydrogens (tertiary/aromatic N) is 2. The maximum atomic E-state index is 12.1. The first-order valence-electron chi connectivity index (χ1n) is 8.37. The van der Waals surface area contributed by atoms with Crippen LogP contribution in [0.15, 0.2) is 57.5 Å². The van der Waals surface area contributed by atoms with Gasteiger partial charge < -0.3 is 9.15 Å². The average molecular weight is 387 g/mol. The van der Waals surface area contributed by atoms with Gasteiger partial charge in [-0.15, -0.1) is 0 Å². The Balaban J connectivity index is 1.85. The van der Waals surface area contributed by atoms with Gasteiger partial charge in [-0.3, -0.25) is 14.9 Å². The van der Waals surface area contributed by atoms with Crippen molar-refractivity contribution in [2.45, 2.75) is 6.92 Å². The second-order valence-corrected chi connectivity index (χ2v) is 5.97. The summed E-state index contributed by atoms with van der Waals surface area (Å²) in [5, 5.41) is 19.6. The van der Waals surface area contributed by atoms with Gasteiger partial charge >= 0.3 is 5.97 Å². The molecule has 2 amide bonds. The third-order valence-electron chi connectivity index (χ3n) is 4.18. The summed E-state index contributed by atoms with van der Waals surface area (Å²) >= 11 is 0. The molecule has 0 spiro atoms. The van der Waals surface area contributed by atoms with E-state index in [2.05, 4.69) is 5.32 Å². The Hall–Kier alpha value is -4.43. The van der Waals surface area contributed by atoms with Crippen molar-refractivity contribution < 1.29 is 23.5 Å². The summed E-state index contributed by atoms with van der Waals surface area (Å²) in [4.78, 5) is 35.5. The van der Waals surface area contributed by atoms with Crippen LogP contribution in [0.1, 0.15) is 23.0 Å². The molecular formula is C21H13N3O5. The van der Waals surface area contributed by atoms with E-state index in [1.165, 1.54) is 13.0 Å². The molecule has 1 aliphatic heterocycles. The Bertz CT molecular complexity index is 1150. The van der Waals surface area contributed by atoms with Crippen molar-refractivity contribution in [2.75, 3.05) is 6.61 Å². The molecule has 3 rings (SSSR count). The van der Waals surface area contributed by atoms with Gasteiger partial charge in [0.25, 0.3) is 11.8 Å². The highest BCUT2D eigenvalue weighted by molar-refractivity contribution is 6.19. The number of hydrogen-bond donors (Lipinski definition) is 1. The lowest BCUT2D eigenvalue weighted by atomic mass is 9.96. The van der Waals surface area contributed by atoms with Crippen LogP contribution in [0.4, 0.5) is 0 Å². The highest BCUT2D eigenvalue weighted by Gasteiger charge is 2.27. The zero-order valence-corrected chi connectivity index (χ0v) is 15.2. The highest BCUT2D eigenvalue weighted by atomic mass is 16.5. The summed E-state index contributed by atoms with van der Waals surface area (Å²) in [6.45, 7) is 1.20. The normalized spacial score (nSPS) is 14.9. The minimum atomic E-state index is -0.722. The van der Waals surface area contributed by atoms with Crippen LogP contribution in [0.3, 0.4) is 0 Å². The number of carbonyl (C=O) groups excluding carboxylic acids is 3. The lowest BCUT2D eigenvalue weighted by Gasteiger charge is -2.15. The molecule has 0 atom stereocenters. The van der Waals surface area contributed by atoms with Crippen LogP contribution in [0.2, 0.25) is 0 Å². The molecule has 0 radical (unpaired) electrons. The number of ether oxygens (including phenoxy) is 1. The van der Waals surface area contributed by atoms with E-state index in [4.69, 9.17) is 19.7 Å². The average Bonchev–Trinajstić information content (AvgIpc) is 3.18. The number of benzene rings is 1. The van der Waals surface area contributed by atoms with Crippen LogP contribution in [0.5, 0.6) is 0 Å². The number of carbonyl (C=O) groups is 3. The molecule has 0 saturated heterocycles. The molecule has 8 nitrogen and oxygen atoms in total. The van der Waals surface area contributed by atoms with Gasteiger partial charge in [0.05, 0.1) is 5.56 Å². The molecule has 142 valence electrons. The molecule has 0 fully saturated rings. The third kappa shape index (κ3) is 3.97. The maximum absolute atomic E-state index is 12.1.